The number of hydrogen-bond donors (Lipinski definition) is 2. The zero-order valence-corrected chi connectivity index (χ0v) is 12.7. The third-order valence-electron chi connectivity index (χ3n) is 3.32. The van der Waals surface area contributed by atoms with E-state index in [9.17, 15) is 5.11 Å². The standard InChI is InChI=1S/C15H24N4O/c1-10(2)7-12(9-20)17-15-14-8-13(11(3)4)18-19(14)6-5-16-15/h5-6,8,10-12,20H,7,9H2,1-4H3,(H,16,17). The van der Waals surface area contributed by atoms with Crippen molar-refractivity contribution in [3.8, 4) is 0 Å². The SMILES string of the molecule is CC(C)CC(CO)Nc1nccn2nc(C(C)C)cc12. The number of aromatic nitrogens is 3. The van der Waals surface area contributed by atoms with Gasteiger partial charge in [0.15, 0.2) is 5.82 Å². The second-order valence-corrected chi connectivity index (χ2v) is 5.98. The maximum absolute atomic E-state index is 9.49. The van der Waals surface area contributed by atoms with Crippen molar-refractivity contribution < 1.29 is 5.11 Å². The van der Waals surface area contributed by atoms with Gasteiger partial charge in [0.05, 0.1) is 18.3 Å². The molecule has 1 unspecified atom stereocenters. The van der Waals surface area contributed by atoms with Crippen LogP contribution in [0.3, 0.4) is 0 Å². The van der Waals surface area contributed by atoms with Gasteiger partial charge in [-0.15, -0.1) is 0 Å². The molecule has 1 atom stereocenters. The average Bonchev–Trinajstić information content (AvgIpc) is 2.82. The minimum Gasteiger partial charge on any atom is -0.394 e. The highest BCUT2D eigenvalue weighted by Crippen LogP contribution is 2.21. The summed E-state index contributed by atoms with van der Waals surface area (Å²) in [6, 6.07) is 2.08. The molecular formula is C15H24N4O. The second-order valence-electron chi connectivity index (χ2n) is 5.98. The van der Waals surface area contributed by atoms with Crippen molar-refractivity contribution in [2.24, 2.45) is 5.92 Å². The Morgan fingerprint density at radius 2 is 2.05 bits per heavy atom. The third kappa shape index (κ3) is 3.28. The van der Waals surface area contributed by atoms with Gasteiger partial charge in [-0.05, 0) is 24.3 Å². The molecule has 0 aliphatic carbocycles. The number of hydrogen-bond acceptors (Lipinski definition) is 4. The Labute approximate surface area is 120 Å². The van der Waals surface area contributed by atoms with Gasteiger partial charge < -0.3 is 10.4 Å². The van der Waals surface area contributed by atoms with E-state index in [0.717, 1.165) is 23.4 Å². The molecule has 20 heavy (non-hydrogen) atoms. The molecule has 0 spiro atoms. The minimum atomic E-state index is 0.0195. The summed E-state index contributed by atoms with van der Waals surface area (Å²) in [5.74, 6) is 1.69. The van der Waals surface area contributed by atoms with Crippen LogP contribution >= 0.6 is 0 Å². The summed E-state index contributed by atoms with van der Waals surface area (Å²) in [7, 11) is 0. The smallest absolute Gasteiger partial charge is 0.152 e. The van der Waals surface area contributed by atoms with Crippen LogP contribution in [0, 0.1) is 5.92 Å². The number of rotatable bonds is 6. The van der Waals surface area contributed by atoms with E-state index >= 15 is 0 Å². The van der Waals surface area contributed by atoms with Crippen molar-refractivity contribution in [2.75, 3.05) is 11.9 Å². The maximum Gasteiger partial charge on any atom is 0.152 e. The predicted octanol–water partition coefficient (Wildman–Crippen LogP) is 2.67. The molecule has 2 heterocycles. The van der Waals surface area contributed by atoms with E-state index in [1.807, 2.05) is 10.7 Å². The molecule has 0 saturated carbocycles. The first-order valence-corrected chi connectivity index (χ1v) is 7.23. The van der Waals surface area contributed by atoms with Crippen molar-refractivity contribution in [3.05, 3.63) is 24.2 Å². The molecule has 2 aromatic rings. The van der Waals surface area contributed by atoms with Gasteiger partial charge in [-0.2, -0.15) is 5.10 Å². The number of anilines is 1. The van der Waals surface area contributed by atoms with Crippen LogP contribution in [0.15, 0.2) is 18.5 Å². The lowest BCUT2D eigenvalue weighted by atomic mass is 10.0. The van der Waals surface area contributed by atoms with Crippen molar-refractivity contribution in [1.82, 2.24) is 14.6 Å². The van der Waals surface area contributed by atoms with Crippen molar-refractivity contribution >= 4 is 11.3 Å². The predicted molar refractivity (Wildman–Crippen MR) is 81.0 cm³/mol. The summed E-state index contributed by atoms with van der Waals surface area (Å²) >= 11 is 0. The highest BCUT2D eigenvalue weighted by atomic mass is 16.3. The molecule has 0 amide bonds. The Bertz CT molecular complexity index is 562. The molecule has 5 nitrogen and oxygen atoms in total. The molecule has 0 fully saturated rings. The van der Waals surface area contributed by atoms with Crippen molar-refractivity contribution in [2.45, 2.75) is 46.1 Å². The van der Waals surface area contributed by atoms with Gasteiger partial charge >= 0.3 is 0 Å². The molecule has 5 heteroatoms. The Hall–Kier alpha value is -1.62. The normalized spacial score (nSPS) is 13.3. The van der Waals surface area contributed by atoms with E-state index < -0.39 is 0 Å². The number of fused-ring (bicyclic) bond motifs is 1. The minimum absolute atomic E-state index is 0.0195. The van der Waals surface area contributed by atoms with Gasteiger partial charge in [0.25, 0.3) is 0 Å². The zero-order chi connectivity index (χ0) is 14.7. The lowest BCUT2D eigenvalue weighted by Gasteiger charge is -2.19. The Morgan fingerprint density at radius 3 is 2.65 bits per heavy atom. The molecule has 0 aliphatic rings. The van der Waals surface area contributed by atoms with Gasteiger partial charge in [0.2, 0.25) is 0 Å². The summed E-state index contributed by atoms with van der Waals surface area (Å²) in [5.41, 5.74) is 2.00. The fraction of sp³-hybridized carbons (Fsp3) is 0.600. The summed E-state index contributed by atoms with van der Waals surface area (Å²) in [4.78, 5) is 4.39. The molecule has 0 aliphatic heterocycles. The Kier molecular flexibility index (Phi) is 4.60. The summed E-state index contributed by atoms with van der Waals surface area (Å²) < 4.78 is 1.84. The van der Waals surface area contributed by atoms with E-state index in [2.05, 4.69) is 49.2 Å². The monoisotopic (exact) mass is 276 g/mol. The van der Waals surface area contributed by atoms with Crippen LogP contribution in [0.25, 0.3) is 5.52 Å². The molecule has 0 aromatic carbocycles. The van der Waals surface area contributed by atoms with Crippen LogP contribution in [0.5, 0.6) is 0 Å². The Balaban J connectivity index is 2.29. The first-order valence-electron chi connectivity index (χ1n) is 7.23. The van der Waals surface area contributed by atoms with Gasteiger partial charge in [-0.1, -0.05) is 27.7 Å². The average molecular weight is 276 g/mol. The molecule has 0 radical (unpaired) electrons. The topological polar surface area (TPSA) is 62.5 Å². The summed E-state index contributed by atoms with van der Waals surface area (Å²) in [5, 5.41) is 17.4. The second kappa shape index (κ2) is 6.22. The maximum atomic E-state index is 9.49. The van der Waals surface area contributed by atoms with Crippen LogP contribution < -0.4 is 5.32 Å². The quantitative estimate of drug-likeness (QED) is 0.851. The highest BCUT2D eigenvalue weighted by molar-refractivity contribution is 5.68. The fourth-order valence-corrected chi connectivity index (χ4v) is 2.28. The highest BCUT2D eigenvalue weighted by Gasteiger charge is 2.14. The lowest BCUT2D eigenvalue weighted by Crippen LogP contribution is -2.26. The zero-order valence-electron chi connectivity index (χ0n) is 12.7. The van der Waals surface area contributed by atoms with E-state index in [1.165, 1.54) is 0 Å². The van der Waals surface area contributed by atoms with E-state index in [0.29, 0.717) is 11.8 Å². The Morgan fingerprint density at radius 1 is 1.30 bits per heavy atom. The molecule has 110 valence electrons. The van der Waals surface area contributed by atoms with Crippen molar-refractivity contribution in [1.29, 1.82) is 0 Å². The summed E-state index contributed by atoms with van der Waals surface area (Å²) in [6.45, 7) is 8.64. The lowest BCUT2D eigenvalue weighted by molar-refractivity contribution is 0.259. The van der Waals surface area contributed by atoms with Crippen LogP contribution in [-0.4, -0.2) is 32.4 Å². The van der Waals surface area contributed by atoms with Gasteiger partial charge in [0, 0.05) is 12.4 Å². The van der Waals surface area contributed by atoms with Gasteiger partial charge in [-0.25, -0.2) is 9.50 Å². The van der Waals surface area contributed by atoms with Crippen LogP contribution in [0.4, 0.5) is 5.82 Å². The molecule has 2 rings (SSSR count). The van der Waals surface area contributed by atoms with Crippen molar-refractivity contribution in [3.63, 3.8) is 0 Å². The molecule has 0 bridgehead atoms. The number of nitrogens with one attached hydrogen (secondary N) is 1. The van der Waals surface area contributed by atoms with Crippen LogP contribution in [0.2, 0.25) is 0 Å². The van der Waals surface area contributed by atoms with Crippen LogP contribution in [0.1, 0.15) is 45.7 Å². The van der Waals surface area contributed by atoms with E-state index in [4.69, 9.17) is 0 Å². The molecular weight excluding hydrogens is 252 g/mol. The van der Waals surface area contributed by atoms with Crippen LogP contribution in [-0.2, 0) is 0 Å². The molecule has 0 saturated heterocycles. The fourth-order valence-electron chi connectivity index (χ4n) is 2.28. The van der Waals surface area contributed by atoms with E-state index in [-0.39, 0.29) is 12.6 Å². The van der Waals surface area contributed by atoms with Gasteiger partial charge in [0.1, 0.15) is 5.52 Å². The number of aliphatic hydroxyl groups excluding tert-OH is 1. The molecule has 2 aromatic heterocycles. The largest absolute Gasteiger partial charge is 0.394 e. The number of aliphatic hydroxyl groups is 1. The molecule has 2 N–H and O–H groups in total. The first-order chi connectivity index (χ1) is 9.51. The van der Waals surface area contributed by atoms with Gasteiger partial charge in [-0.3, -0.25) is 0 Å². The van der Waals surface area contributed by atoms with E-state index in [1.54, 1.807) is 6.20 Å². The number of nitrogens with zero attached hydrogens (tertiary/aromatic N) is 3. The first kappa shape index (κ1) is 14.8. The third-order valence-corrected chi connectivity index (χ3v) is 3.32. The summed E-state index contributed by atoms with van der Waals surface area (Å²) in [6.07, 6.45) is 4.49.